The quantitative estimate of drug-likeness (QED) is 0.637. The largest absolute Gasteiger partial charge is 0.504 e. The van der Waals surface area contributed by atoms with Crippen molar-refractivity contribution < 1.29 is 20.1 Å². The summed E-state index contributed by atoms with van der Waals surface area (Å²) in [7, 11) is 5.48. The van der Waals surface area contributed by atoms with Crippen LogP contribution in [0, 0.1) is 0 Å². The summed E-state index contributed by atoms with van der Waals surface area (Å²) in [6.45, 7) is 2.70. The van der Waals surface area contributed by atoms with E-state index in [4.69, 9.17) is 4.74 Å². The number of para-hydroxylation sites is 2. The van der Waals surface area contributed by atoms with Crippen LogP contribution in [0.15, 0.2) is 36.4 Å². The van der Waals surface area contributed by atoms with Crippen molar-refractivity contribution in [1.82, 2.24) is 9.80 Å². The number of hydrogen-bond acceptors (Lipinski definition) is 6. The summed E-state index contributed by atoms with van der Waals surface area (Å²) in [6.07, 6.45) is 0. The molecule has 136 valence electrons. The standard InChI is InChI=1S/C19H26N2O4/c1-20(12-14-6-4-8-16(22)18(14)23)10-11-21(2)13-15-7-5-9-17(25-3)19(15)24/h4-9,22-24H,10-13H2,1-3H3. The summed E-state index contributed by atoms with van der Waals surface area (Å²) < 4.78 is 5.13. The van der Waals surface area contributed by atoms with Crippen LogP contribution in [0.2, 0.25) is 0 Å². The van der Waals surface area contributed by atoms with Gasteiger partial charge in [0.25, 0.3) is 0 Å². The van der Waals surface area contributed by atoms with Gasteiger partial charge in [0.2, 0.25) is 0 Å². The molecule has 0 spiro atoms. The molecule has 0 radical (unpaired) electrons. The fourth-order valence-electron chi connectivity index (χ4n) is 2.65. The minimum Gasteiger partial charge on any atom is -0.504 e. The van der Waals surface area contributed by atoms with E-state index in [1.807, 2.05) is 26.2 Å². The maximum Gasteiger partial charge on any atom is 0.162 e. The second kappa shape index (κ2) is 8.60. The molecule has 0 aliphatic heterocycles. The van der Waals surface area contributed by atoms with Gasteiger partial charge < -0.3 is 29.9 Å². The fraction of sp³-hybridized carbons (Fsp3) is 0.368. The summed E-state index contributed by atoms with van der Waals surface area (Å²) in [4.78, 5) is 4.17. The van der Waals surface area contributed by atoms with Crippen LogP contribution in [-0.2, 0) is 13.1 Å². The summed E-state index contributed by atoms with van der Waals surface area (Å²) in [5.41, 5.74) is 1.51. The first kappa shape index (κ1) is 18.9. The SMILES string of the molecule is COc1cccc(CN(C)CCN(C)Cc2cccc(O)c2O)c1O. The van der Waals surface area contributed by atoms with Crippen molar-refractivity contribution in [3.05, 3.63) is 47.5 Å². The van der Waals surface area contributed by atoms with E-state index < -0.39 is 0 Å². The van der Waals surface area contributed by atoms with Crippen molar-refractivity contribution in [2.45, 2.75) is 13.1 Å². The molecule has 0 saturated carbocycles. The van der Waals surface area contributed by atoms with Crippen LogP contribution in [0.5, 0.6) is 23.0 Å². The third-order valence-electron chi connectivity index (χ3n) is 4.14. The lowest BCUT2D eigenvalue weighted by Gasteiger charge is -2.23. The Kier molecular flexibility index (Phi) is 6.50. The molecule has 0 heterocycles. The van der Waals surface area contributed by atoms with Gasteiger partial charge in [-0.15, -0.1) is 0 Å². The second-order valence-corrected chi connectivity index (χ2v) is 6.23. The molecule has 0 atom stereocenters. The number of aromatic hydroxyl groups is 3. The van der Waals surface area contributed by atoms with E-state index in [-0.39, 0.29) is 17.2 Å². The predicted molar refractivity (Wildman–Crippen MR) is 97.1 cm³/mol. The van der Waals surface area contributed by atoms with E-state index in [1.165, 1.54) is 13.2 Å². The predicted octanol–water partition coefficient (Wildman–Crippen LogP) is 2.38. The normalized spacial score (nSPS) is 11.2. The molecule has 0 amide bonds. The number of nitrogens with zero attached hydrogens (tertiary/aromatic N) is 2. The Morgan fingerprint density at radius 3 is 1.88 bits per heavy atom. The maximum atomic E-state index is 10.2. The van der Waals surface area contributed by atoms with Gasteiger partial charge in [0.05, 0.1) is 7.11 Å². The molecule has 25 heavy (non-hydrogen) atoms. The van der Waals surface area contributed by atoms with Crippen molar-refractivity contribution in [3.8, 4) is 23.0 Å². The van der Waals surface area contributed by atoms with E-state index in [9.17, 15) is 15.3 Å². The molecule has 2 aromatic carbocycles. The van der Waals surface area contributed by atoms with Crippen LogP contribution in [0.25, 0.3) is 0 Å². The maximum absolute atomic E-state index is 10.2. The number of phenols is 3. The topological polar surface area (TPSA) is 76.4 Å². The lowest BCUT2D eigenvalue weighted by molar-refractivity contribution is 0.242. The van der Waals surface area contributed by atoms with Crippen LogP contribution in [0.1, 0.15) is 11.1 Å². The van der Waals surface area contributed by atoms with Crippen molar-refractivity contribution >= 4 is 0 Å². The molecular formula is C19H26N2O4. The van der Waals surface area contributed by atoms with E-state index in [0.29, 0.717) is 24.4 Å². The van der Waals surface area contributed by atoms with Crippen LogP contribution in [-0.4, -0.2) is 59.4 Å². The molecular weight excluding hydrogens is 320 g/mol. The number of methoxy groups -OCH3 is 1. The van der Waals surface area contributed by atoms with E-state index >= 15 is 0 Å². The van der Waals surface area contributed by atoms with Gasteiger partial charge >= 0.3 is 0 Å². The third-order valence-corrected chi connectivity index (χ3v) is 4.14. The highest BCUT2D eigenvalue weighted by molar-refractivity contribution is 5.45. The monoisotopic (exact) mass is 346 g/mol. The number of phenolic OH excluding ortho intramolecular Hbond substituents is 3. The molecule has 0 saturated heterocycles. The third kappa shape index (κ3) is 5.01. The molecule has 6 nitrogen and oxygen atoms in total. The van der Waals surface area contributed by atoms with Crippen LogP contribution < -0.4 is 4.74 Å². The fourth-order valence-corrected chi connectivity index (χ4v) is 2.65. The first-order valence-electron chi connectivity index (χ1n) is 8.14. The molecule has 0 aromatic heterocycles. The molecule has 6 heteroatoms. The highest BCUT2D eigenvalue weighted by atomic mass is 16.5. The molecule has 2 rings (SSSR count). The Balaban J connectivity index is 1.87. The summed E-state index contributed by atoms with van der Waals surface area (Å²) >= 11 is 0. The molecule has 2 aromatic rings. The van der Waals surface area contributed by atoms with E-state index in [0.717, 1.165) is 18.7 Å². The van der Waals surface area contributed by atoms with Crippen LogP contribution in [0.3, 0.4) is 0 Å². The Morgan fingerprint density at radius 1 is 0.800 bits per heavy atom. The minimum absolute atomic E-state index is 0.0657. The number of ether oxygens (including phenoxy) is 1. The van der Waals surface area contributed by atoms with Gasteiger partial charge in [0.15, 0.2) is 23.0 Å². The van der Waals surface area contributed by atoms with Gasteiger partial charge in [-0.1, -0.05) is 24.3 Å². The molecule has 0 unspecified atom stereocenters. The molecule has 0 fully saturated rings. The van der Waals surface area contributed by atoms with Gasteiger partial charge in [0.1, 0.15) is 0 Å². The van der Waals surface area contributed by atoms with Gasteiger partial charge in [-0.05, 0) is 26.2 Å². The molecule has 0 aliphatic carbocycles. The van der Waals surface area contributed by atoms with Crippen LogP contribution in [0.4, 0.5) is 0 Å². The van der Waals surface area contributed by atoms with E-state index in [2.05, 4.69) is 9.80 Å². The van der Waals surface area contributed by atoms with Crippen LogP contribution >= 0.6 is 0 Å². The highest BCUT2D eigenvalue weighted by Crippen LogP contribution is 2.30. The average molecular weight is 346 g/mol. The Bertz CT molecular complexity index is 706. The Hall–Kier alpha value is -2.44. The average Bonchev–Trinajstić information content (AvgIpc) is 2.59. The van der Waals surface area contributed by atoms with Crippen molar-refractivity contribution in [3.63, 3.8) is 0 Å². The zero-order valence-electron chi connectivity index (χ0n) is 14.9. The summed E-state index contributed by atoms with van der Waals surface area (Å²) in [6, 6.07) is 10.4. The Morgan fingerprint density at radius 2 is 1.32 bits per heavy atom. The highest BCUT2D eigenvalue weighted by Gasteiger charge is 2.12. The number of benzene rings is 2. The van der Waals surface area contributed by atoms with Gasteiger partial charge in [-0.25, -0.2) is 0 Å². The molecule has 0 bridgehead atoms. The van der Waals surface area contributed by atoms with Crippen molar-refractivity contribution in [2.24, 2.45) is 0 Å². The molecule has 0 aliphatic rings. The van der Waals surface area contributed by atoms with Gasteiger partial charge in [0, 0.05) is 37.3 Å². The zero-order valence-corrected chi connectivity index (χ0v) is 14.9. The number of likely N-dealkylation sites (N-methyl/N-ethyl adjacent to an activating group) is 2. The number of rotatable bonds is 8. The Labute approximate surface area is 148 Å². The van der Waals surface area contributed by atoms with Gasteiger partial charge in [-0.3, -0.25) is 0 Å². The van der Waals surface area contributed by atoms with E-state index in [1.54, 1.807) is 18.2 Å². The lowest BCUT2D eigenvalue weighted by Crippen LogP contribution is -2.30. The minimum atomic E-state index is -0.100. The molecule has 3 N–H and O–H groups in total. The smallest absolute Gasteiger partial charge is 0.162 e. The van der Waals surface area contributed by atoms with Gasteiger partial charge in [-0.2, -0.15) is 0 Å². The first-order valence-corrected chi connectivity index (χ1v) is 8.14. The van der Waals surface area contributed by atoms with Crippen molar-refractivity contribution in [2.75, 3.05) is 34.3 Å². The second-order valence-electron chi connectivity index (χ2n) is 6.23. The summed E-state index contributed by atoms with van der Waals surface area (Å²) in [5, 5.41) is 29.6. The van der Waals surface area contributed by atoms with Crippen molar-refractivity contribution in [1.29, 1.82) is 0 Å². The summed E-state index contributed by atoms with van der Waals surface area (Å²) in [5.74, 6) is 0.484. The lowest BCUT2D eigenvalue weighted by atomic mass is 10.1. The first-order chi connectivity index (χ1) is 11.9. The number of hydrogen-bond donors (Lipinski definition) is 3. The zero-order chi connectivity index (χ0) is 18.4.